The van der Waals surface area contributed by atoms with Crippen molar-refractivity contribution in [2.75, 3.05) is 0 Å². The number of pyridine rings is 2. The highest BCUT2D eigenvalue weighted by atomic mass is 15.1. The summed E-state index contributed by atoms with van der Waals surface area (Å²) in [7, 11) is 0. The van der Waals surface area contributed by atoms with E-state index >= 15 is 0 Å². The highest BCUT2D eigenvalue weighted by Crippen LogP contribution is 2.40. The van der Waals surface area contributed by atoms with Gasteiger partial charge in [-0.25, -0.2) is 9.97 Å². The van der Waals surface area contributed by atoms with Gasteiger partial charge in [0.2, 0.25) is 0 Å². The van der Waals surface area contributed by atoms with Crippen molar-refractivity contribution in [3.8, 4) is 28.8 Å². The van der Waals surface area contributed by atoms with E-state index in [1.54, 1.807) is 0 Å². The van der Waals surface area contributed by atoms with Crippen LogP contribution in [0.25, 0.3) is 66.6 Å². The van der Waals surface area contributed by atoms with Crippen molar-refractivity contribution in [3.63, 3.8) is 0 Å². The number of rotatable bonds is 3. The summed E-state index contributed by atoms with van der Waals surface area (Å²) in [5.74, 6) is 0.755. The molecule has 0 N–H and O–H groups in total. The molecule has 0 atom stereocenters. The molecule has 0 unspecified atom stereocenters. The van der Waals surface area contributed by atoms with E-state index < -0.39 is 0 Å². The zero-order valence-electron chi connectivity index (χ0n) is 21.4. The molecule has 8 rings (SSSR count). The number of hydrogen-bond acceptors (Lipinski definition) is 3. The first-order valence-corrected chi connectivity index (χ1v) is 13.2. The molecule has 4 heterocycles. The van der Waals surface area contributed by atoms with Gasteiger partial charge in [0.25, 0.3) is 0 Å². The zero-order chi connectivity index (χ0) is 26.6. The van der Waals surface area contributed by atoms with E-state index in [1.807, 2.05) is 78.9 Å². The molecular weight excluding hydrogens is 490 g/mol. The van der Waals surface area contributed by atoms with Gasteiger partial charge < -0.3 is 0 Å². The van der Waals surface area contributed by atoms with E-state index in [9.17, 15) is 5.26 Å². The third kappa shape index (κ3) is 3.14. The summed E-state index contributed by atoms with van der Waals surface area (Å²) in [5.41, 5.74) is 6.98. The second-order valence-corrected chi connectivity index (χ2v) is 9.78. The lowest BCUT2D eigenvalue weighted by Gasteiger charge is -2.10. The monoisotopic (exact) mass is 511 g/mol. The molecule has 0 saturated heterocycles. The topological polar surface area (TPSA) is 59.4 Å². The summed E-state index contributed by atoms with van der Waals surface area (Å²) in [5, 5.41) is 14.4. The summed E-state index contributed by atoms with van der Waals surface area (Å²) in [6.45, 7) is 0. The minimum Gasteiger partial charge on any atom is -0.294 e. The van der Waals surface area contributed by atoms with Crippen molar-refractivity contribution in [2.45, 2.75) is 0 Å². The van der Waals surface area contributed by atoms with E-state index in [0.717, 1.165) is 61.0 Å². The average Bonchev–Trinajstić information content (AvgIpc) is 3.54. The van der Waals surface area contributed by atoms with E-state index in [4.69, 9.17) is 9.97 Å². The number of fused-ring (bicyclic) bond motifs is 6. The van der Waals surface area contributed by atoms with Gasteiger partial charge in [0.05, 0.1) is 22.3 Å². The van der Waals surface area contributed by atoms with Crippen LogP contribution in [0.4, 0.5) is 0 Å². The molecule has 0 amide bonds. The number of para-hydroxylation sites is 3. The lowest BCUT2D eigenvalue weighted by atomic mass is 10.0. The quantitative estimate of drug-likeness (QED) is 0.240. The van der Waals surface area contributed by atoms with Gasteiger partial charge in [-0.15, -0.1) is 0 Å². The molecule has 0 aliphatic rings. The molecule has 0 saturated carbocycles. The normalized spacial score (nSPS) is 11.5. The Morgan fingerprint density at radius 1 is 0.525 bits per heavy atom. The Bertz CT molecular complexity index is 2270. The maximum Gasteiger partial charge on any atom is 0.150 e. The van der Waals surface area contributed by atoms with Gasteiger partial charge in [-0.3, -0.25) is 9.13 Å². The fourth-order valence-electron chi connectivity index (χ4n) is 5.88. The molecule has 8 aromatic rings. The van der Waals surface area contributed by atoms with Gasteiger partial charge in [0.15, 0.2) is 5.65 Å². The van der Waals surface area contributed by atoms with Crippen LogP contribution in [0.15, 0.2) is 127 Å². The molecule has 5 nitrogen and oxygen atoms in total. The maximum absolute atomic E-state index is 10.7. The largest absolute Gasteiger partial charge is 0.294 e. The summed E-state index contributed by atoms with van der Waals surface area (Å²) >= 11 is 0. The third-order valence-electron chi connectivity index (χ3n) is 7.57. The first kappa shape index (κ1) is 22.3. The van der Waals surface area contributed by atoms with Crippen LogP contribution in [0, 0.1) is 11.3 Å². The molecule has 186 valence electrons. The molecule has 40 heavy (non-hydrogen) atoms. The van der Waals surface area contributed by atoms with Gasteiger partial charge in [0.1, 0.15) is 17.5 Å². The number of aromatic nitrogens is 4. The van der Waals surface area contributed by atoms with Crippen LogP contribution in [0.3, 0.4) is 0 Å². The highest BCUT2D eigenvalue weighted by molar-refractivity contribution is 6.20. The Kier molecular flexibility index (Phi) is 4.82. The molecule has 4 aromatic heterocycles. The van der Waals surface area contributed by atoms with Crippen molar-refractivity contribution in [2.24, 2.45) is 0 Å². The van der Waals surface area contributed by atoms with Gasteiger partial charge >= 0.3 is 0 Å². The zero-order valence-corrected chi connectivity index (χ0v) is 21.4. The fourth-order valence-corrected chi connectivity index (χ4v) is 5.88. The van der Waals surface area contributed by atoms with Crippen LogP contribution in [0.2, 0.25) is 0 Å². The van der Waals surface area contributed by atoms with Crippen LogP contribution in [-0.2, 0) is 0 Å². The van der Waals surface area contributed by atoms with Crippen molar-refractivity contribution >= 4 is 43.9 Å². The Morgan fingerprint density at radius 3 is 1.77 bits per heavy atom. The molecule has 0 bridgehead atoms. The van der Waals surface area contributed by atoms with E-state index in [1.165, 1.54) is 0 Å². The van der Waals surface area contributed by atoms with Gasteiger partial charge in [0, 0.05) is 32.8 Å². The third-order valence-corrected chi connectivity index (χ3v) is 7.57. The molecule has 0 aliphatic heterocycles. The Balaban J connectivity index is 1.56. The van der Waals surface area contributed by atoms with E-state index in [-0.39, 0.29) is 0 Å². The Labute approximate surface area is 229 Å². The summed E-state index contributed by atoms with van der Waals surface area (Å²) in [4.78, 5) is 10.4. The predicted molar refractivity (Wildman–Crippen MR) is 161 cm³/mol. The first-order valence-electron chi connectivity index (χ1n) is 13.2. The molecule has 4 aromatic carbocycles. The minimum absolute atomic E-state index is 0.625. The standard InChI is InChI=1S/C35H21N5/c36-22-27-32-25-16-7-9-19-29(25)39(24-14-5-2-6-15-24)34(32)38-35-33(27)26-17-8-10-20-30(26)40(35)31-21-11-18-28(37-31)23-12-3-1-4-13-23/h1-21H. The average molecular weight is 512 g/mol. The van der Waals surface area contributed by atoms with Crippen molar-refractivity contribution in [1.82, 2.24) is 19.1 Å². The molecule has 5 heteroatoms. The Hall–Kier alpha value is -5.73. The first-order chi connectivity index (χ1) is 19.8. The number of hydrogen-bond donors (Lipinski definition) is 0. The van der Waals surface area contributed by atoms with Crippen LogP contribution in [0.5, 0.6) is 0 Å². The second-order valence-electron chi connectivity index (χ2n) is 9.78. The van der Waals surface area contributed by atoms with E-state index in [2.05, 4.69) is 63.7 Å². The fraction of sp³-hybridized carbons (Fsp3) is 0. The van der Waals surface area contributed by atoms with Crippen LogP contribution >= 0.6 is 0 Å². The van der Waals surface area contributed by atoms with Gasteiger partial charge in [-0.2, -0.15) is 5.26 Å². The highest BCUT2D eigenvalue weighted by Gasteiger charge is 2.24. The van der Waals surface area contributed by atoms with Crippen molar-refractivity contribution in [1.29, 1.82) is 5.26 Å². The Morgan fingerprint density at radius 2 is 1.10 bits per heavy atom. The van der Waals surface area contributed by atoms with Crippen molar-refractivity contribution in [3.05, 3.63) is 133 Å². The molecule has 0 fully saturated rings. The van der Waals surface area contributed by atoms with Crippen LogP contribution < -0.4 is 0 Å². The minimum atomic E-state index is 0.625. The lowest BCUT2D eigenvalue weighted by molar-refractivity contribution is 1.05. The molecule has 0 aliphatic carbocycles. The number of benzene rings is 4. The van der Waals surface area contributed by atoms with Gasteiger partial charge in [-0.05, 0) is 36.4 Å². The second kappa shape index (κ2) is 8.65. The maximum atomic E-state index is 10.7. The van der Waals surface area contributed by atoms with Crippen molar-refractivity contribution < 1.29 is 0 Å². The summed E-state index contributed by atoms with van der Waals surface area (Å²) in [6, 6.07) is 45.4. The number of nitrogens with zero attached hydrogens (tertiary/aromatic N) is 5. The lowest BCUT2D eigenvalue weighted by Crippen LogP contribution is -2.01. The molecule has 0 spiro atoms. The summed E-state index contributed by atoms with van der Waals surface area (Å²) < 4.78 is 4.24. The predicted octanol–water partition coefficient (Wildman–Crippen LogP) is 8.21. The molecular formula is C35H21N5. The SMILES string of the molecule is N#Cc1c2c3ccccc3n(-c3ccccc3)c2nc2c1c1ccccc1n2-c1cccc(-c2ccccc2)n1. The van der Waals surface area contributed by atoms with Crippen LogP contribution in [0.1, 0.15) is 5.56 Å². The summed E-state index contributed by atoms with van der Waals surface area (Å²) in [6.07, 6.45) is 0. The molecule has 0 radical (unpaired) electrons. The smallest absolute Gasteiger partial charge is 0.150 e. The van der Waals surface area contributed by atoms with Gasteiger partial charge in [-0.1, -0.05) is 91.0 Å². The van der Waals surface area contributed by atoms with E-state index in [0.29, 0.717) is 11.2 Å². The van der Waals surface area contributed by atoms with Crippen LogP contribution in [-0.4, -0.2) is 19.1 Å². The number of nitriles is 1.